The van der Waals surface area contributed by atoms with Gasteiger partial charge < -0.3 is 14.8 Å². The lowest BCUT2D eigenvalue weighted by molar-refractivity contribution is 0.0827. The van der Waals surface area contributed by atoms with Crippen LogP contribution in [-0.4, -0.2) is 64.1 Å². The van der Waals surface area contributed by atoms with Gasteiger partial charge >= 0.3 is 0 Å². The molecule has 1 atom stereocenters. The van der Waals surface area contributed by atoms with Gasteiger partial charge in [0.25, 0.3) is 11.5 Å². The summed E-state index contributed by atoms with van der Waals surface area (Å²) < 4.78 is 33.1. The standard InChI is InChI=1S/C31H34F2N6O2/c1-18-13-21(31(41)36(4)5)14-23(32)29(18)20-8-11-38(12-9-20)19(2)27-15-22-26(7-10-35-30(22)37(27)6)39-17-24(33)25(34-3)16-28(39)40/h7-8,10,13-17,19,34H,9,11-12H2,1-6H3/t19-/m0/s1. The number of aromatic nitrogens is 3. The fraction of sp³-hybridized carbons (Fsp3) is 0.323. The molecule has 0 fully saturated rings. The van der Waals surface area contributed by atoms with Gasteiger partial charge in [-0.1, -0.05) is 6.08 Å². The van der Waals surface area contributed by atoms with Crippen LogP contribution >= 0.6 is 0 Å². The van der Waals surface area contributed by atoms with Gasteiger partial charge in [-0.15, -0.1) is 0 Å². The summed E-state index contributed by atoms with van der Waals surface area (Å²) >= 11 is 0. The Morgan fingerprint density at radius 1 is 1.15 bits per heavy atom. The van der Waals surface area contributed by atoms with E-state index in [4.69, 9.17) is 0 Å². The number of pyridine rings is 2. The Morgan fingerprint density at radius 2 is 1.90 bits per heavy atom. The number of amides is 1. The maximum Gasteiger partial charge on any atom is 0.257 e. The molecule has 0 bridgehead atoms. The Kier molecular flexibility index (Phi) is 7.52. The molecule has 5 rings (SSSR count). The number of hydrogen-bond acceptors (Lipinski definition) is 5. The Balaban J connectivity index is 1.44. The summed E-state index contributed by atoms with van der Waals surface area (Å²) in [5.74, 6) is -1.14. The smallest absolute Gasteiger partial charge is 0.257 e. The maximum atomic E-state index is 15.2. The summed E-state index contributed by atoms with van der Waals surface area (Å²) in [4.78, 5) is 33.4. The summed E-state index contributed by atoms with van der Waals surface area (Å²) in [6, 6.07) is 8.02. The van der Waals surface area contributed by atoms with Crippen molar-refractivity contribution in [2.24, 2.45) is 7.05 Å². The molecule has 0 saturated heterocycles. The van der Waals surface area contributed by atoms with Gasteiger partial charge in [0, 0.05) is 81.8 Å². The predicted molar refractivity (Wildman–Crippen MR) is 158 cm³/mol. The van der Waals surface area contributed by atoms with Crippen LogP contribution < -0.4 is 10.9 Å². The monoisotopic (exact) mass is 560 g/mol. The number of fused-ring (bicyclic) bond motifs is 1. The molecule has 1 amide bonds. The van der Waals surface area contributed by atoms with Crippen LogP contribution in [0.2, 0.25) is 0 Å². The second-order valence-electron chi connectivity index (χ2n) is 10.7. The van der Waals surface area contributed by atoms with Crippen LogP contribution in [0.4, 0.5) is 14.5 Å². The second kappa shape index (κ2) is 10.9. The first-order valence-electron chi connectivity index (χ1n) is 13.5. The third kappa shape index (κ3) is 5.04. The molecule has 0 unspecified atom stereocenters. The van der Waals surface area contributed by atoms with E-state index in [1.165, 1.54) is 27.8 Å². The lowest BCUT2D eigenvalue weighted by atomic mass is 9.92. The molecule has 0 saturated carbocycles. The number of carbonyl (C=O) groups is 1. The number of nitrogens with one attached hydrogen (secondary N) is 1. The van der Waals surface area contributed by atoms with Crippen molar-refractivity contribution in [3.05, 3.63) is 93.2 Å². The number of anilines is 1. The van der Waals surface area contributed by atoms with Crippen molar-refractivity contribution in [1.29, 1.82) is 0 Å². The Hall–Kier alpha value is -4.31. The normalized spacial score (nSPS) is 14.7. The summed E-state index contributed by atoms with van der Waals surface area (Å²) in [7, 11) is 6.80. The quantitative estimate of drug-likeness (QED) is 0.363. The molecule has 0 spiro atoms. The van der Waals surface area contributed by atoms with Crippen LogP contribution in [0.1, 0.15) is 46.6 Å². The van der Waals surface area contributed by atoms with Crippen LogP contribution in [-0.2, 0) is 7.05 Å². The Morgan fingerprint density at radius 3 is 2.54 bits per heavy atom. The number of halogens is 2. The van der Waals surface area contributed by atoms with Crippen LogP contribution in [0.5, 0.6) is 0 Å². The average Bonchev–Trinajstić information content (AvgIpc) is 3.29. The molecule has 1 aliphatic heterocycles. The fourth-order valence-electron chi connectivity index (χ4n) is 5.71. The van der Waals surface area contributed by atoms with Gasteiger partial charge in [-0.25, -0.2) is 13.8 Å². The van der Waals surface area contributed by atoms with E-state index in [9.17, 15) is 14.0 Å². The first-order chi connectivity index (χ1) is 19.5. The number of rotatable bonds is 6. The van der Waals surface area contributed by atoms with E-state index >= 15 is 4.39 Å². The molecule has 8 nitrogen and oxygen atoms in total. The first kappa shape index (κ1) is 28.2. The third-order valence-corrected chi connectivity index (χ3v) is 7.96. The lowest BCUT2D eigenvalue weighted by Crippen LogP contribution is -2.32. The number of carbonyl (C=O) groups excluding carboxylic acids is 1. The third-order valence-electron chi connectivity index (χ3n) is 7.96. The molecule has 3 aromatic heterocycles. The van der Waals surface area contributed by atoms with Gasteiger partial charge in [0.1, 0.15) is 11.5 Å². The van der Waals surface area contributed by atoms with Gasteiger partial charge in [-0.3, -0.25) is 19.1 Å². The summed E-state index contributed by atoms with van der Waals surface area (Å²) in [5.41, 5.74) is 4.60. The molecular formula is C31H34F2N6O2. The van der Waals surface area contributed by atoms with Crippen LogP contribution in [0.3, 0.4) is 0 Å². The zero-order valence-corrected chi connectivity index (χ0v) is 24.1. The highest BCUT2D eigenvalue weighted by Crippen LogP contribution is 2.34. The summed E-state index contributed by atoms with van der Waals surface area (Å²) in [5, 5.41) is 3.44. The van der Waals surface area contributed by atoms with Crippen molar-refractivity contribution in [2.75, 3.05) is 39.5 Å². The highest BCUT2D eigenvalue weighted by Gasteiger charge is 2.25. The van der Waals surface area contributed by atoms with Crippen LogP contribution in [0.15, 0.2) is 53.6 Å². The highest BCUT2D eigenvalue weighted by atomic mass is 19.1. The molecule has 1 N–H and O–H groups in total. The Bertz CT molecular complexity index is 1730. The minimum absolute atomic E-state index is 0.00833. The van der Waals surface area contributed by atoms with Crippen molar-refractivity contribution in [1.82, 2.24) is 23.9 Å². The predicted octanol–water partition coefficient (Wildman–Crippen LogP) is 4.90. The van der Waals surface area contributed by atoms with Crippen LogP contribution in [0, 0.1) is 18.6 Å². The average molecular weight is 561 g/mol. The maximum absolute atomic E-state index is 15.2. The zero-order valence-electron chi connectivity index (χ0n) is 24.1. The van der Waals surface area contributed by atoms with Crippen LogP contribution in [0.25, 0.3) is 22.3 Å². The van der Waals surface area contributed by atoms with E-state index in [0.29, 0.717) is 42.0 Å². The molecule has 1 aliphatic rings. The van der Waals surface area contributed by atoms with E-state index in [1.807, 2.05) is 24.6 Å². The molecule has 10 heteroatoms. The van der Waals surface area contributed by atoms with Gasteiger partial charge in [0.05, 0.1) is 17.6 Å². The van der Waals surface area contributed by atoms with E-state index in [1.54, 1.807) is 39.5 Å². The van der Waals surface area contributed by atoms with Crippen molar-refractivity contribution in [2.45, 2.75) is 26.3 Å². The minimum atomic E-state index is -0.525. The lowest BCUT2D eigenvalue weighted by Gasteiger charge is -2.32. The van der Waals surface area contributed by atoms with E-state index in [0.717, 1.165) is 22.2 Å². The summed E-state index contributed by atoms with van der Waals surface area (Å²) in [6.07, 6.45) is 5.52. The molecule has 0 aliphatic carbocycles. The number of hydrogen-bond donors (Lipinski definition) is 1. The van der Waals surface area contributed by atoms with Crippen molar-refractivity contribution >= 4 is 28.2 Å². The molecule has 4 heterocycles. The fourth-order valence-corrected chi connectivity index (χ4v) is 5.71. The Labute approximate surface area is 237 Å². The SMILES string of the molecule is CNc1cc(=O)n(-c2ccnc3c2cc([C@H](C)N2CC=C(c4c(C)cc(C(=O)N(C)C)cc4F)CC2)n3C)cc1F. The van der Waals surface area contributed by atoms with E-state index in [2.05, 4.69) is 28.2 Å². The zero-order chi connectivity index (χ0) is 29.6. The van der Waals surface area contributed by atoms with Gasteiger partial charge in [-0.05, 0) is 55.7 Å². The highest BCUT2D eigenvalue weighted by molar-refractivity contribution is 5.94. The number of nitrogens with zero attached hydrogens (tertiary/aromatic N) is 5. The van der Waals surface area contributed by atoms with E-state index in [-0.39, 0.29) is 29.0 Å². The minimum Gasteiger partial charge on any atom is -0.386 e. The molecular weight excluding hydrogens is 526 g/mol. The first-order valence-corrected chi connectivity index (χ1v) is 13.5. The molecule has 214 valence electrons. The second-order valence-corrected chi connectivity index (χ2v) is 10.7. The van der Waals surface area contributed by atoms with Gasteiger partial charge in [0.15, 0.2) is 5.82 Å². The van der Waals surface area contributed by atoms with Crippen molar-refractivity contribution < 1.29 is 13.6 Å². The van der Waals surface area contributed by atoms with Crippen molar-refractivity contribution in [3.63, 3.8) is 0 Å². The molecule has 41 heavy (non-hydrogen) atoms. The number of aryl methyl sites for hydroxylation is 2. The molecule has 1 aromatic carbocycles. The van der Waals surface area contributed by atoms with Crippen molar-refractivity contribution in [3.8, 4) is 5.69 Å². The largest absolute Gasteiger partial charge is 0.386 e. The van der Waals surface area contributed by atoms with Gasteiger partial charge in [0.2, 0.25) is 0 Å². The summed E-state index contributed by atoms with van der Waals surface area (Å²) in [6.45, 7) is 5.27. The number of benzene rings is 1. The molecule has 0 radical (unpaired) electrons. The molecule has 4 aromatic rings. The topological polar surface area (TPSA) is 75.4 Å². The van der Waals surface area contributed by atoms with E-state index < -0.39 is 5.82 Å². The van der Waals surface area contributed by atoms with Gasteiger partial charge in [-0.2, -0.15) is 0 Å².